The minimum absolute atomic E-state index is 0.270. The second-order valence-corrected chi connectivity index (χ2v) is 10.9. The summed E-state index contributed by atoms with van der Waals surface area (Å²) in [5.74, 6) is -0.539. The van der Waals surface area contributed by atoms with E-state index in [-0.39, 0.29) is 11.6 Å². The van der Waals surface area contributed by atoms with Crippen LogP contribution < -0.4 is 9.80 Å². The molecular weight excluding hydrogens is 546 g/mol. The van der Waals surface area contributed by atoms with Gasteiger partial charge in [0.25, 0.3) is 0 Å². The fourth-order valence-corrected chi connectivity index (χ4v) is 6.35. The molecule has 0 bridgehead atoms. The lowest BCUT2D eigenvalue weighted by Crippen LogP contribution is -2.11. The third-order valence-corrected chi connectivity index (χ3v) is 8.30. The highest BCUT2D eigenvalue weighted by molar-refractivity contribution is 6.28. The predicted molar refractivity (Wildman–Crippen MR) is 179 cm³/mol. The fraction of sp³-hybridized carbons (Fsp3) is 0. The van der Waals surface area contributed by atoms with Crippen LogP contribution in [0.15, 0.2) is 158 Å². The van der Waals surface area contributed by atoms with Crippen molar-refractivity contribution in [2.24, 2.45) is 0 Å². The molecule has 0 N–H and O–H groups in total. The average molecular weight is 573 g/mol. The predicted octanol–water partition coefficient (Wildman–Crippen LogP) is 11.8. The molecule has 0 aliphatic rings. The molecule has 0 radical (unpaired) electrons. The maximum absolute atomic E-state index is 14.0. The molecule has 0 atom stereocenters. The molecule has 0 amide bonds. The van der Waals surface area contributed by atoms with Crippen molar-refractivity contribution < 1.29 is 8.78 Å². The van der Waals surface area contributed by atoms with Crippen LogP contribution in [0.25, 0.3) is 32.3 Å². The van der Waals surface area contributed by atoms with E-state index in [9.17, 15) is 8.78 Å². The maximum Gasteiger partial charge on any atom is 0.123 e. The summed E-state index contributed by atoms with van der Waals surface area (Å²) >= 11 is 0. The molecule has 44 heavy (non-hydrogen) atoms. The molecule has 8 rings (SSSR count). The average Bonchev–Trinajstić information content (AvgIpc) is 3.07. The van der Waals surface area contributed by atoms with Crippen LogP contribution in [-0.4, -0.2) is 0 Å². The van der Waals surface area contributed by atoms with Gasteiger partial charge in [0.15, 0.2) is 0 Å². The summed E-state index contributed by atoms with van der Waals surface area (Å²) in [5, 5.41) is 6.79. The van der Waals surface area contributed by atoms with Crippen LogP contribution in [0.1, 0.15) is 0 Å². The Morgan fingerprint density at radius 1 is 0.318 bits per heavy atom. The van der Waals surface area contributed by atoms with Gasteiger partial charge in [-0.1, -0.05) is 72.8 Å². The van der Waals surface area contributed by atoms with E-state index in [4.69, 9.17) is 0 Å². The lowest BCUT2D eigenvalue weighted by atomic mass is 9.91. The number of para-hydroxylation sites is 2. The molecule has 210 valence electrons. The van der Waals surface area contributed by atoms with Crippen LogP contribution in [-0.2, 0) is 0 Å². The van der Waals surface area contributed by atoms with E-state index < -0.39 is 0 Å². The van der Waals surface area contributed by atoms with Crippen LogP contribution in [0.2, 0.25) is 0 Å². The zero-order chi connectivity index (χ0) is 29.6. The highest BCUT2D eigenvalue weighted by Gasteiger charge is 2.21. The van der Waals surface area contributed by atoms with Crippen molar-refractivity contribution in [2.45, 2.75) is 0 Å². The first kappa shape index (κ1) is 25.9. The Labute approximate surface area is 254 Å². The van der Waals surface area contributed by atoms with Crippen LogP contribution >= 0.6 is 0 Å². The van der Waals surface area contributed by atoms with Gasteiger partial charge in [-0.05, 0) is 106 Å². The topological polar surface area (TPSA) is 6.48 Å². The molecule has 8 aromatic rings. The van der Waals surface area contributed by atoms with Crippen molar-refractivity contribution in [3.05, 3.63) is 169 Å². The first-order valence-corrected chi connectivity index (χ1v) is 14.6. The Hall–Kier alpha value is -5.74. The van der Waals surface area contributed by atoms with E-state index in [1.807, 2.05) is 60.7 Å². The minimum Gasteiger partial charge on any atom is -0.310 e. The zero-order valence-electron chi connectivity index (χ0n) is 23.7. The molecule has 0 aliphatic carbocycles. The van der Waals surface area contributed by atoms with Crippen molar-refractivity contribution >= 4 is 66.4 Å². The van der Waals surface area contributed by atoms with E-state index in [1.165, 1.54) is 24.3 Å². The molecule has 4 heteroatoms. The molecule has 0 aromatic heterocycles. The summed E-state index contributed by atoms with van der Waals surface area (Å²) in [4.78, 5) is 4.36. The van der Waals surface area contributed by atoms with Gasteiger partial charge >= 0.3 is 0 Å². The van der Waals surface area contributed by atoms with Crippen molar-refractivity contribution in [2.75, 3.05) is 9.80 Å². The van der Waals surface area contributed by atoms with Gasteiger partial charge in [0.05, 0.1) is 11.4 Å². The van der Waals surface area contributed by atoms with Crippen molar-refractivity contribution in [3.63, 3.8) is 0 Å². The highest BCUT2D eigenvalue weighted by Crippen LogP contribution is 2.47. The van der Waals surface area contributed by atoms with Gasteiger partial charge in [-0.3, -0.25) is 0 Å². The summed E-state index contributed by atoms with van der Waals surface area (Å²) in [5.41, 5.74) is 5.74. The van der Waals surface area contributed by atoms with Gasteiger partial charge in [0, 0.05) is 33.5 Å². The monoisotopic (exact) mass is 572 g/mol. The Balaban J connectivity index is 1.41. The number of hydrogen-bond donors (Lipinski definition) is 0. The Kier molecular flexibility index (Phi) is 6.20. The van der Waals surface area contributed by atoms with Crippen molar-refractivity contribution in [3.8, 4) is 0 Å². The fourth-order valence-electron chi connectivity index (χ4n) is 6.35. The van der Waals surface area contributed by atoms with Gasteiger partial charge in [-0.2, -0.15) is 0 Å². The van der Waals surface area contributed by atoms with Crippen LogP contribution in [0.3, 0.4) is 0 Å². The first-order valence-electron chi connectivity index (χ1n) is 14.6. The summed E-state index contributed by atoms with van der Waals surface area (Å²) in [6.07, 6.45) is 0. The first-order chi connectivity index (χ1) is 21.7. The van der Waals surface area contributed by atoms with Crippen LogP contribution in [0.4, 0.5) is 42.9 Å². The normalized spacial score (nSPS) is 11.4. The van der Waals surface area contributed by atoms with E-state index in [1.54, 1.807) is 0 Å². The number of nitrogens with zero attached hydrogens (tertiary/aromatic N) is 2. The number of rotatable bonds is 6. The molecule has 0 saturated heterocycles. The quantitative estimate of drug-likeness (QED) is 0.183. The summed E-state index contributed by atoms with van der Waals surface area (Å²) < 4.78 is 28.0. The molecule has 8 aromatic carbocycles. The van der Waals surface area contributed by atoms with E-state index in [0.29, 0.717) is 0 Å². The Morgan fingerprint density at radius 3 is 1.05 bits per heavy atom. The van der Waals surface area contributed by atoms with Gasteiger partial charge in [0.1, 0.15) is 11.6 Å². The van der Waals surface area contributed by atoms with Gasteiger partial charge in [-0.25, -0.2) is 8.78 Å². The van der Waals surface area contributed by atoms with Crippen LogP contribution in [0, 0.1) is 11.6 Å². The molecule has 0 spiro atoms. The second kappa shape index (κ2) is 10.5. The lowest BCUT2D eigenvalue weighted by molar-refractivity contribution is 0.627. The van der Waals surface area contributed by atoms with Gasteiger partial charge in [-0.15, -0.1) is 0 Å². The molecular formula is C40H26F2N2. The third-order valence-electron chi connectivity index (χ3n) is 8.30. The van der Waals surface area contributed by atoms with E-state index in [2.05, 4.69) is 82.6 Å². The molecule has 2 nitrogen and oxygen atoms in total. The number of anilines is 6. The second-order valence-electron chi connectivity index (χ2n) is 10.9. The van der Waals surface area contributed by atoms with Crippen molar-refractivity contribution in [1.29, 1.82) is 0 Å². The molecule has 0 aliphatic heterocycles. The standard InChI is InChI=1S/C40H26F2N2/c41-29-15-19-33(20-16-29)43(31-7-3-1-4-8-31)37-25-13-27-12-24-36-38(26-14-28-11-23-35(37)39(27)40(28)36)44(32-9-5-2-6-10-32)34-21-17-30(42)18-22-34/h1-26H. The van der Waals surface area contributed by atoms with Crippen molar-refractivity contribution in [1.82, 2.24) is 0 Å². The van der Waals surface area contributed by atoms with E-state index >= 15 is 0 Å². The summed E-state index contributed by atoms with van der Waals surface area (Å²) in [6.45, 7) is 0. The summed E-state index contributed by atoms with van der Waals surface area (Å²) in [6, 6.07) is 51.0. The third kappa shape index (κ3) is 4.31. The maximum atomic E-state index is 14.0. The number of hydrogen-bond acceptors (Lipinski definition) is 2. The molecule has 0 fully saturated rings. The Morgan fingerprint density at radius 2 is 0.659 bits per heavy atom. The smallest absolute Gasteiger partial charge is 0.123 e. The molecule has 0 unspecified atom stereocenters. The number of halogens is 2. The summed E-state index contributed by atoms with van der Waals surface area (Å²) in [7, 11) is 0. The largest absolute Gasteiger partial charge is 0.310 e. The SMILES string of the molecule is Fc1ccc(N(c2ccccc2)c2ccc3ccc4c(N(c5ccccc5)c5ccc(F)cc5)ccc5ccc2c3c54)cc1. The number of benzene rings is 8. The van der Waals surface area contributed by atoms with Gasteiger partial charge < -0.3 is 9.80 Å². The minimum atomic E-state index is -0.270. The Bertz CT molecular complexity index is 2070. The van der Waals surface area contributed by atoms with Gasteiger partial charge in [0.2, 0.25) is 0 Å². The lowest BCUT2D eigenvalue weighted by Gasteiger charge is -2.29. The molecule has 0 saturated carbocycles. The van der Waals surface area contributed by atoms with Crippen LogP contribution in [0.5, 0.6) is 0 Å². The van der Waals surface area contributed by atoms with E-state index in [0.717, 1.165) is 66.4 Å². The highest BCUT2D eigenvalue weighted by atomic mass is 19.1. The molecule has 0 heterocycles. The zero-order valence-corrected chi connectivity index (χ0v) is 23.7.